The summed E-state index contributed by atoms with van der Waals surface area (Å²) in [6.45, 7) is 2.60. The molecule has 2 N–H and O–H groups in total. The molecule has 0 saturated heterocycles. The largest absolute Gasteiger partial charge is 0.485 e. The van der Waals surface area contributed by atoms with Crippen molar-refractivity contribution in [2.45, 2.75) is 26.2 Å². The second-order valence-corrected chi connectivity index (χ2v) is 6.25. The second-order valence-electron chi connectivity index (χ2n) is 5.53. The summed E-state index contributed by atoms with van der Waals surface area (Å²) in [5.74, 6) is 0.802. The topological polar surface area (TPSA) is 54.4 Å². The molecule has 0 radical (unpaired) electrons. The Hall–Kier alpha value is -2.37. The maximum absolute atomic E-state index is 9.29. The van der Waals surface area contributed by atoms with Crippen LogP contribution in [0.5, 0.6) is 5.75 Å². The van der Waals surface area contributed by atoms with Gasteiger partial charge in [-0.05, 0) is 30.2 Å². The van der Waals surface area contributed by atoms with E-state index in [0.29, 0.717) is 6.61 Å². The minimum atomic E-state index is 0.0495. The van der Waals surface area contributed by atoms with Crippen LogP contribution in [0.4, 0.5) is 5.69 Å². The summed E-state index contributed by atoms with van der Waals surface area (Å²) in [6.07, 6.45) is 0. The summed E-state index contributed by atoms with van der Waals surface area (Å²) in [5.41, 5.74) is 5.71. The van der Waals surface area contributed by atoms with E-state index in [1.165, 1.54) is 0 Å². The lowest BCUT2D eigenvalue weighted by Crippen LogP contribution is -2.08. The molecule has 1 atom stereocenters. The van der Waals surface area contributed by atoms with Gasteiger partial charge in [0.15, 0.2) is 0 Å². The summed E-state index contributed by atoms with van der Waals surface area (Å²) >= 11 is 1.56. The number of benzene rings is 2. The quantitative estimate of drug-likeness (QED) is 0.670. The van der Waals surface area contributed by atoms with Crippen LogP contribution in [-0.4, -0.2) is 10.1 Å². The third-order valence-corrected chi connectivity index (χ3v) is 4.39. The number of ether oxygens (including phenoxy) is 1. The number of thiazole rings is 1. The number of anilines is 1. The molecule has 1 heterocycles. The SMILES string of the molecule is CC(Nc1ccccc1OCc1cscn1)c1cccc(CO)c1. The third-order valence-electron chi connectivity index (χ3n) is 3.75. The van der Waals surface area contributed by atoms with Crippen molar-refractivity contribution >= 4 is 17.0 Å². The van der Waals surface area contributed by atoms with Gasteiger partial charge in [-0.2, -0.15) is 0 Å². The molecule has 4 nitrogen and oxygen atoms in total. The Balaban J connectivity index is 1.72. The molecule has 0 bridgehead atoms. The van der Waals surface area contributed by atoms with Gasteiger partial charge >= 0.3 is 0 Å². The fourth-order valence-corrected chi connectivity index (χ4v) is 2.99. The van der Waals surface area contributed by atoms with E-state index in [9.17, 15) is 5.11 Å². The van der Waals surface area contributed by atoms with Crippen LogP contribution in [0.25, 0.3) is 0 Å². The van der Waals surface area contributed by atoms with Crippen LogP contribution in [0.15, 0.2) is 59.4 Å². The first-order chi connectivity index (χ1) is 11.8. The standard InChI is InChI=1S/C19H20N2O2S/c1-14(16-6-4-5-15(9-16)10-22)21-18-7-2-3-8-19(18)23-11-17-12-24-13-20-17/h2-9,12-14,21-22H,10-11H2,1H3. The van der Waals surface area contributed by atoms with Gasteiger partial charge in [0, 0.05) is 11.4 Å². The fourth-order valence-electron chi connectivity index (χ4n) is 2.45. The zero-order chi connectivity index (χ0) is 16.8. The first kappa shape index (κ1) is 16.5. The van der Waals surface area contributed by atoms with E-state index >= 15 is 0 Å². The molecule has 24 heavy (non-hydrogen) atoms. The lowest BCUT2D eigenvalue weighted by Gasteiger charge is -2.19. The Morgan fingerprint density at radius 2 is 2.08 bits per heavy atom. The maximum atomic E-state index is 9.29. The highest BCUT2D eigenvalue weighted by molar-refractivity contribution is 7.07. The van der Waals surface area contributed by atoms with E-state index in [2.05, 4.69) is 23.3 Å². The molecule has 0 fully saturated rings. The molecule has 0 amide bonds. The monoisotopic (exact) mass is 340 g/mol. The van der Waals surface area contributed by atoms with Crippen molar-refractivity contribution < 1.29 is 9.84 Å². The number of aromatic nitrogens is 1. The highest BCUT2D eigenvalue weighted by Gasteiger charge is 2.10. The van der Waals surface area contributed by atoms with Crippen LogP contribution in [0.1, 0.15) is 29.8 Å². The predicted molar refractivity (Wildman–Crippen MR) is 97.3 cm³/mol. The first-order valence-electron chi connectivity index (χ1n) is 7.81. The summed E-state index contributed by atoms with van der Waals surface area (Å²) in [7, 11) is 0. The van der Waals surface area contributed by atoms with Crippen LogP contribution < -0.4 is 10.1 Å². The van der Waals surface area contributed by atoms with Crippen molar-refractivity contribution in [3.05, 3.63) is 76.2 Å². The molecule has 5 heteroatoms. The van der Waals surface area contributed by atoms with Crippen molar-refractivity contribution in [1.29, 1.82) is 0 Å². The van der Waals surface area contributed by atoms with E-state index in [0.717, 1.165) is 28.3 Å². The number of hydrogen-bond donors (Lipinski definition) is 2. The maximum Gasteiger partial charge on any atom is 0.143 e. The Kier molecular flexibility index (Phi) is 5.46. The Morgan fingerprint density at radius 3 is 2.88 bits per heavy atom. The molecule has 0 aliphatic carbocycles. The molecule has 3 aromatic rings. The van der Waals surface area contributed by atoms with E-state index in [1.807, 2.05) is 47.8 Å². The zero-order valence-corrected chi connectivity index (χ0v) is 14.3. The van der Waals surface area contributed by atoms with E-state index in [-0.39, 0.29) is 12.6 Å². The molecule has 0 spiro atoms. The van der Waals surface area contributed by atoms with Crippen LogP contribution in [0.2, 0.25) is 0 Å². The molecule has 0 aliphatic heterocycles. The first-order valence-corrected chi connectivity index (χ1v) is 8.75. The predicted octanol–water partition coefficient (Wildman–Crippen LogP) is 4.39. The van der Waals surface area contributed by atoms with Gasteiger partial charge in [-0.25, -0.2) is 4.98 Å². The lowest BCUT2D eigenvalue weighted by molar-refractivity contribution is 0.281. The van der Waals surface area contributed by atoms with Crippen molar-refractivity contribution in [2.24, 2.45) is 0 Å². The van der Waals surface area contributed by atoms with Gasteiger partial charge in [0.05, 0.1) is 23.5 Å². The summed E-state index contributed by atoms with van der Waals surface area (Å²) in [5, 5.41) is 14.8. The smallest absolute Gasteiger partial charge is 0.143 e. The van der Waals surface area contributed by atoms with Gasteiger partial charge in [-0.3, -0.25) is 0 Å². The average Bonchev–Trinajstić information content (AvgIpc) is 3.14. The van der Waals surface area contributed by atoms with Gasteiger partial charge < -0.3 is 15.2 Å². The number of hydrogen-bond acceptors (Lipinski definition) is 5. The fraction of sp³-hybridized carbons (Fsp3) is 0.211. The normalized spacial score (nSPS) is 11.9. The molecule has 3 rings (SSSR count). The van der Waals surface area contributed by atoms with Crippen LogP contribution in [0, 0.1) is 0 Å². The van der Waals surface area contributed by atoms with Crippen LogP contribution in [-0.2, 0) is 13.2 Å². The minimum absolute atomic E-state index is 0.0495. The zero-order valence-electron chi connectivity index (χ0n) is 13.5. The number of rotatable bonds is 7. The van der Waals surface area contributed by atoms with Gasteiger partial charge in [0.25, 0.3) is 0 Å². The number of para-hydroxylation sites is 2. The highest BCUT2D eigenvalue weighted by Crippen LogP contribution is 2.29. The van der Waals surface area contributed by atoms with Gasteiger partial charge in [-0.15, -0.1) is 11.3 Å². The number of nitrogens with one attached hydrogen (secondary N) is 1. The van der Waals surface area contributed by atoms with Crippen LogP contribution in [0.3, 0.4) is 0 Å². The number of aliphatic hydroxyl groups excluding tert-OH is 1. The number of nitrogens with zero attached hydrogens (tertiary/aromatic N) is 1. The summed E-state index contributed by atoms with van der Waals surface area (Å²) < 4.78 is 5.90. The lowest BCUT2D eigenvalue weighted by atomic mass is 10.1. The molecule has 1 unspecified atom stereocenters. The summed E-state index contributed by atoms with van der Waals surface area (Å²) in [4.78, 5) is 4.24. The molecule has 1 aromatic heterocycles. The third kappa shape index (κ3) is 4.13. The molecular weight excluding hydrogens is 320 g/mol. The second kappa shape index (κ2) is 7.95. The van der Waals surface area contributed by atoms with Gasteiger partial charge in [0.2, 0.25) is 0 Å². The molecule has 2 aromatic carbocycles. The van der Waals surface area contributed by atoms with Crippen LogP contribution >= 0.6 is 11.3 Å². The van der Waals surface area contributed by atoms with Crippen molar-refractivity contribution in [1.82, 2.24) is 4.98 Å². The minimum Gasteiger partial charge on any atom is -0.485 e. The molecular formula is C19H20N2O2S. The van der Waals surface area contributed by atoms with Crippen molar-refractivity contribution in [3.63, 3.8) is 0 Å². The molecule has 124 valence electrons. The Morgan fingerprint density at radius 1 is 1.21 bits per heavy atom. The number of aliphatic hydroxyl groups is 1. The Bertz CT molecular complexity index is 775. The molecule has 0 aliphatic rings. The highest BCUT2D eigenvalue weighted by atomic mass is 32.1. The van der Waals surface area contributed by atoms with E-state index < -0.39 is 0 Å². The Labute approximate surface area is 145 Å². The van der Waals surface area contributed by atoms with E-state index in [4.69, 9.17) is 4.74 Å². The average molecular weight is 340 g/mol. The molecule has 0 saturated carbocycles. The van der Waals surface area contributed by atoms with Crippen molar-refractivity contribution in [2.75, 3.05) is 5.32 Å². The van der Waals surface area contributed by atoms with Crippen molar-refractivity contribution in [3.8, 4) is 5.75 Å². The van der Waals surface area contributed by atoms with E-state index in [1.54, 1.807) is 16.8 Å². The van der Waals surface area contributed by atoms with Gasteiger partial charge in [-0.1, -0.05) is 36.4 Å². The summed E-state index contributed by atoms with van der Waals surface area (Å²) in [6, 6.07) is 15.9. The van der Waals surface area contributed by atoms with Gasteiger partial charge in [0.1, 0.15) is 12.4 Å².